The molecule has 0 aliphatic rings. The molecule has 0 fully saturated rings. The summed E-state index contributed by atoms with van der Waals surface area (Å²) in [4.78, 5) is 23.7. The van der Waals surface area contributed by atoms with E-state index >= 15 is 0 Å². The van der Waals surface area contributed by atoms with Crippen LogP contribution in [0.3, 0.4) is 0 Å². The fraction of sp³-hybridized carbons (Fsp3) is 0.263. The lowest BCUT2D eigenvalue weighted by molar-refractivity contribution is -0.162. The molecule has 0 aliphatic heterocycles. The number of anilines is 1. The van der Waals surface area contributed by atoms with E-state index < -0.39 is 70.7 Å². The normalized spacial score (nSPS) is 12.4. The van der Waals surface area contributed by atoms with Crippen LogP contribution in [0.4, 0.5) is 45.2 Å². The highest BCUT2D eigenvalue weighted by atomic mass is 35.5. The van der Waals surface area contributed by atoms with Gasteiger partial charge < -0.3 is 10.6 Å². The van der Waals surface area contributed by atoms with E-state index in [1.807, 2.05) is 5.32 Å². The first-order chi connectivity index (χ1) is 15.0. The van der Waals surface area contributed by atoms with E-state index in [4.69, 9.17) is 11.6 Å². The highest BCUT2D eigenvalue weighted by Gasteiger charge is 2.43. The monoisotopic (exact) mass is 506 g/mol. The van der Waals surface area contributed by atoms with Crippen LogP contribution in [0.1, 0.15) is 28.7 Å². The lowest BCUT2D eigenvalue weighted by Gasteiger charge is -2.17. The fourth-order valence-corrected chi connectivity index (χ4v) is 2.84. The molecule has 0 heterocycles. The third-order valence-electron chi connectivity index (χ3n) is 4.06. The van der Waals surface area contributed by atoms with E-state index in [-0.39, 0.29) is 17.7 Å². The topological polar surface area (TPSA) is 58.2 Å². The Hall–Kier alpha value is -2.96. The summed E-state index contributed by atoms with van der Waals surface area (Å²) in [5.74, 6) is -2.16. The second-order valence-corrected chi connectivity index (χ2v) is 6.98. The maximum atomic E-state index is 12.9. The number of amides is 2. The number of rotatable bonds is 5. The summed E-state index contributed by atoms with van der Waals surface area (Å²) in [7, 11) is 0. The molecule has 2 aromatic rings. The standard InChI is InChI=1S/C19H12ClF9N2O2/c20-14-4-1-9(5-13(14)19(27,28)29)8-30-15(32)7-16(33)31-10-2-3-11(17(21,22)23)12(6-10)18(24,25)26/h1-6H,7-8H2,(H,30,32)(H,31,33). The summed E-state index contributed by atoms with van der Waals surface area (Å²) in [5.41, 5.74) is -5.76. The first-order valence-corrected chi connectivity index (χ1v) is 9.07. The van der Waals surface area contributed by atoms with Gasteiger partial charge in [-0.05, 0) is 35.9 Å². The Balaban J connectivity index is 2.03. The van der Waals surface area contributed by atoms with E-state index in [9.17, 15) is 49.1 Å². The maximum Gasteiger partial charge on any atom is 0.417 e. The van der Waals surface area contributed by atoms with Gasteiger partial charge in [-0.1, -0.05) is 17.7 Å². The van der Waals surface area contributed by atoms with Crippen molar-refractivity contribution in [3.05, 3.63) is 63.7 Å². The molecule has 0 aromatic heterocycles. The van der Waals surface area contributed by atoms with E-state index in [2.05, 4.69) is 5.32 Å². The molecule has 0 bridgehead atoms. The molecule has 0 radical (unpaired) electrons. The van der Waals surface area contributed by atoms with E-state index in [0.29, 0.717) is 12.1 Å². The second kappa shape index (κ2) is 9.49. The minimum absolute atomic E-state index is 0.00181. The van der Waals surface area contributed by atoms with Gasteiger partial charge in [0.15, 0.2) is 0 Å². The molecule has 14 heteroatoms. The Morgan fingerprint density at radius 2 is 1.30 bits per heavy atom. The van der Waals surface area contributed by atoms with Crippen molar-refractivity contribution in [3.63, 3.8) is 0 Å². The van der Waals surface area contributed by atoms with Gasteiger partial charge in [0.05, 0.1) is 21.7 Å². The number of carbonyl (C=O) groups excluding carboxylic acids is 2. The molecule has 0 atom stereocenters. The Morgan fingerprint density at radius 3 is 1.85 bits per heavy atom. The maximum absolute atomic E-state index is 12.9. The summed E-state index contributed by atoms with van der Waals surface area (Å²) < 4.78 is 116. The number of hydrogen-bond donors (Lipinski definition) is 2. The second-order valence-electron chi connectivity index (χ2n) is 6.57. The van der Waals surface area contributed by atoms with Gasteiger partial charge in [0.25, 0.3) is 0 Å². The summed E-state index contributed by atoms with van der Waals surface area (Å²) >= 11 is 5.47. The van der Waals surface area contributed by atoms with Crippen molar-refractivity contribution < 1.29 is 49.1 Å². The van der Waals surface area contributed by atoms with Crippen LogP contribution in [0.25, 0.3) is 0 Å². The Kier molecular flexibility index (Phi) is 7.56. The van der Waals surface area contributed by atoms with Gasteiger partial charge in [-0.3, -0.25) is 9.59 Å². The van der Waals surface area contributed by atoms with Gasteiger partial charge in [-0.15, -0.1) is 0 Å². The zero-order valence-corrected chi connectivity index (χ0v) is 16.7. The van der Waals surface area contributed by atoms with Crippen molar-refractivity contribution >= 4 is 29.1 Å². The first-order valence-electron chi connectivity index (χ1n) is 8.69. The van der Waals surface area contributed by atoms with Gasteiger partial charge in [-0.25, -0.2) is 0 Å². The highest BCUT2D eigenvalue weighted by Crippen LogP contribution is 2.41. The van der Waals surface area contributed by atoms with Crippen molar-refractivity contribution in [1.29, 1.82) is 0 Å². The minimum atomic E-state index is -5.36. The molecule has 33 heavy (non-hydrogen) atoms. The molecule has 2 aromatic carbocycles. The quantitative estimate of drug-likeness (QED) is 0.384. The molecule has 2 rings (SSSR count). The molecule has 180 valence electrons. The Morgan fingerprint density at radius 1 is 0.727 bits per heavy atom. The van der Waals surface area contributed by atoms with Crippen molar-refractivity contribution in [3.8, 4) is 0 Å². The Bertz CT molecular complexity index is 1050. The molecule has 0 unspecified atom stereocenters. The number of benzene rings is 2. The summed E-state index contributed by atoms with van der Waals surface area (Å²) in [6.07, 6.45) is -16.4. The zero-order valence-electron chi connectivity index (χ0n) is 16.0. The number of hydrogen-bond acceptors (Lipinski definition) is 2. The third-order valence-corrected chi connectivity index (χ3v) is 4.39. The smallest absolute Gasteiger partial charge is 0.352 e. The van der Waals surface area contributed by atoms with Crippen molar-refractivity contribution in [1.82, 2.24) is 5.32 Å². The van der Waals surface area contributed by atoms with E-state index in [1.165, 1.54) is 6.07 Å². The minimum Gasteiger partial charge on any atom is -0.352 e. The number of alkyl halides is 9. The molecular formula is C19H12ClF9N2O2. The van der Waals surface area contributed by atoms with Crippen LogP contribution in [-0.2, 0) is 34.7 Å². The van der Waals surface area contributed by atoms with Crippen molar-refractivity contribution in [2.24, 2.45) is 0 Å². The predicted molar refractivity (Wildman–Crippen MR) is 98.0 cm³/mol. The largest absolute Gasteiger partial charge is 0.417 e. The molecule has 0 aliphatic carbocycles. The van der Waals surface area contributed by atoms with Crippen molar-refractivity contribution in [2.45, 2.75) is 31.5 Å². The molecule has 0 saturated heterocycles. The zero-order chi connectivity index (χ0) is 25.2. The van der Waals surface area contributed by atoms with Gasteiger partial charge in [0.2, 0.25) is 11.8 Å². The van der Waals surface area contributed by atoms with E-state index in [0.717, 1.165) is 6.07 Å². The van der Waals surface area contributed by atoms with Gasteiger partial charge in [-0.2, -0.15) is 39.5 Å². The lowest BCUT2D eigenvalue weighted by atomic mass is 10.1. The van der Waals surface area contributed by atoms with Crippen LogP contribution < -0.4 is 10.6 Å². The van der Waals surface area contributed by atoms with Crippen LogP contribution >= 0.6 is 11.6 Å². The average molecular weight is 507 g/mol. The van der Waals surface area contributed by atoms with Crippen LogP contribution in [0.2, 0.25) is 5.02 Å². The SMILES string of the molecule is O=C(CC(=O)Nc1ccc(C(F)(F)F)c(C(F)(F)F)c1)NCc1ccc(Cl)c(C(F)(F)F)c1. The molecule has 4 nitrogen and oxygen atoms in total. The van der Waals surface area contributed by atoms with Gasteiger partial charge >= 0.3 is 18.5 Å². The number of halogens is 10. The Labute approximate surface area is 184 Å². The van der Waals surface area contributed by atoms with Gasteiger partial charge in [0, 0.05) is 12.2 Å². The number of carbonyl (C=O) groups is 2. The number of nitrogens with one attached hydrogen (secondary N) is 2. The first kappa shape index (κ1) is 26.3. The summed E-state index contributed by atoms with van der Waals surface area (Å²) in [6.45, 7) is -0.426. The molecule has 0 spiro atoms. The molecular weight excluding hydrogens is 495 g/mol. The van der Waals surface area contributed by atoms with E-state index in [1.54, 1.807) is 0 Å². The lowest BCUT2D eigenvalue weighted by Crippen LogP contribution is -2.28. The average Bonchev–Trinajstić information content (AvgIpc) is 2.64. The van der Waals surface area contributed by atoms with Crippen LogP contribution in [0.5, 0.6) is 0 Å². The summed E-state index contributed by atoms with van der Waals surface area (Å²) in [6, 6.07) is 3.63. The third kappa shape index (κ3) is 7.27. The van der Waals surface area contributed by atoms with Crippen LogP contribution in [0, 0.1) is 0 Å². The van der Waals surface area contributed by atoms with Crippen molar-refractivity contribution in [2.75, 3.05) is 5.32 Å². The molecule has 0 saturated carbocycles. The predicted octanol–water partition coefficient (Wildman–Crippen LogP) is 6.04. The highest BCUT2D eigenvalue weighted by molar-refractivity contribution is 6.31. The fourth-order valence-electron chi connectivity index (χ4n) is 2.62. The summed E-state index contributed by atoms with van der Waals surface area (Å²) in [5, 5.41) is 3.44. The van der Waals surface area contributed by atoms with Crippen LogP contribution in [0.15, 0.2) is 36.4 Å². The molecule has 2 N–H and O–H groups in total. The molecule has 2 amide bonds. The van der Waals surface area contributed by atoms with Gasteiger partial charge in [0.1, 0.15) is 6.42 Å². The van der Waals surface area contributed by atoms with Crippen LogP contribution in [-0.4, -0.2) is 11.8 Å².